The molecule has 8 heteroatoms. The molecule has 4 rings (SSSR count). The van der Waals surface area contributed by atoms with E-state index in [1.165, 1.54) is 0 Å². The summed E-state index contributed by atoms with van der Waals surface area (Å²) in [5, 5.41) is 10.7. The van der Waals surface area contributed by atoms with E-state index >= 15 is 0 Å². The highest BCUT2D eigenvalue weighted by molar-refractivity contribution is 5.46. The Hall–Kier alpha value is -2.77. The van der Waals surface area contributed by atoms with Crippen molar-refractivity contribution in [3.8, 4) is 0 Å². The van der Waals surface area contributed by atoms with E-state index in [1.807, 2.05) is 18.3 Å². The molecule has 0 atom stereocenters. The Labute approximate surface area is 125 Å². The van der Waals surface area contributed by atoms with Crippen molar-refractivity contribution in [2.45, 2.75) is 24.9 Å². The van der Waals surface area contributed by atoms with Gasteiger partial charge in [-0.3, -0.25) is 0 Å². The Morgan fingerprint density at radius 3 is 2.68 bits per heavy atom. The molecule has 0 saturated heterocycles. The van der Waals surface area contributed by atoms with Gasteiger partial charge in [-0.1, -0.05) is 0 Å². The maximum Gasteiger partial charge on any atom is 0.222 e. The second-order valence-electron chi connectivity index (χ2n) is 5.33. The van der Waals surface area contributed by atoms with E-state index in [9.17, 15) is 4.39 Å². The Bertz CT molecular complexity index is 779. The van der Waals surface area contributed by atoms with E-state index in [2.05, 4.69) is 30.7 Å². The van der Waals surface area contributed by atoms with Crippen LogP contribution in [0.4, 0.5) is 16.2 Å². The summed E-state index contributed by atoms with van der Waals surface area (Å²) < 4.78 is 14.5. The van der Waals surface area contributed by atoms with Crippen LogP contribution in [0.1, 0.15) is 12.8 Å². The summed E-state index contributed by atoms with van der Waals surface area (Å²) in [5.41, 5.74) is 0.818. The Morgan fingerprint density at radius 2 is 1.86 bits per heavy atom. The summed E-state index contributed by atoms with van der Waals surface area (Å²) in [4.78, 5) is 12.3. The molecular weight excluding hydrogens is 285 g/mol. The molecule has 0 spiro atoms. The average molecular weight is 299 g/mol. The summed E-state index contributed by atoms with van der Waals surface area (Å²) in [5.74, 6) is 0.873. The fraction of sp³-hybridized carbons (Fsp3) is 0.286. The zero-order chi connectivity index (χ0) is 14.9. The SMILES string of the molecule is Fc1cnc(NC2CC(Nc3ccn4nccc4n3)C2)nc1. The molecule has 3 heterocycles. The molecular formula is C14H14FN7. The second-order valence-corrected chi connectivity index (χ2v) is 5.33. The number of nitrogens with one attached hydrogen (secondary N) is 2. The van der Waals surface area contributed by atoms with Gasteiger partial charge in [0.2, 0.25) is 5.95 Å². The van der Waals surface area contributed by atoms with Crippen molar-refractivity contribution in [1.29, 1.82) is 0 Å². The van der Waals surface area contributed by atoms with Gasteiger partial charge < -0.3 is 10.6 Å². The molecule has 0 aromatic carbocycles. The number of nitrogens with zero attached hydrogens (tertiary/aromatic N) is 5. The Kier molecular flexibility index (Phi) is 3.06. The monoisotopic (exact) mass is 299 g/mol. The predicted octanol–water partition coefficient (Wildman–Crippen LogP) is 1.71. The smallest absolute Gasteiger partial charge is 0.222 e. The fourth-order valence-corrected chi connectivity index (χ4v) is 2.53. The molecule has 0 amide bonds. The molecule has 1 fully saturated rings. The quantitative estimate of drug-likeness (QED) is 0.763. The van der Waals surface area contributed by atoms with Crippen molar-refractivity contribution in [3.63, 3.8) is 0 Å². The number of aromatic nitrogens is 5. The number of rotatable bonds is 4. The van der Waals surface area contributed by atoms with Gasteiger partial charge >= 0.3 is 0 Å². The maximum atomic E-state index is 12.7. The topological polar surface area (TPSA) is 80.0 Å². The van der Waals surface area contributed by atoms with E-state index in [4.69, 9.17) is 0 Å². The van der Waals surface area contributed by atoms with Crippen LogP contribution in [0.15, 0.2) is 36.9 Å². The first-order chi connectivity index (χ1) is 10.8. The van der Waals surface area contributed by atoms with Gasteiger partial charge in [0.25, 0.3) is 0 Å². The first kappa shape index (κ1) is 12.9. The third kappa shape index (κ3) is 2.54. The summed E-state index contributed by atoms with van der Waals surface area (Å²) in [6.45, 7) is 0. The van der Waals surface area contributed by atoms with Gasteiger partial charge in [-0.15, -0.1) is 0 Å². The lowest BCUT2D eigenvalue weighted by Crippen LogP contribution is -2.44. The molecule has 22 heavy (non-hydrogen) atoms. The van der Waals surface area contributed by atoms with Crippen molar-refractivity contribution in [2.24, 2.45) is 0 Å². The standard InChI is InChI=1S/C14H14FN7/c15-9-7-16-14(17-8-9)20-11-5-10(6-11)19-12-2-4-22-13(21-12)1-3-18-22/h1-4,7-8,10-11H,5-6H2,(H,19,21)(H,16,17,20). The van der Waals surface area contributed by atoms with E-state index in [1.54, 1.807) is 10.7 Å². The minimum atomic E-state index is -0.431. The minimum absolute atomic E-state index is 0.293. The normalized spacial score (nSPS) is 20.6. The van der Waals surface area contributed by atoms with Crippen molar-refractivity contribution < 1.29 is 4.39 Å². The highest BCUT2D eigenvalue weighted by Crippen LogP contribution is 2.25. The van der Waals surface area contributed by atoms with Crippen molar-refractivity contribution >= 4 is 17.4 Å². The number of halogens is 1. The van der Waals surface area contributed by atoms with Crippen LogP contribution in [0.5, 0.6) is 0 Å². The molecule has 0 bridgehead atoms. The first-order valence-electron chi connectivity index (χ1n) is 7.07. The van der Waals surface area contributed by atoms with Gasteiger partial charge in [-0.2, -0.15) is 5.10 Å². The van der Waals surface area contributed by atoms with E-state index in [0.29, 0.717) is 18.0 Å². The molecule has 3 aromatic heterocycles. The minimum Gasteiger partial charge on any atom is -0.367 e. The molecule has 0 aliphatic heterocycles. The summed E-state index contributed by atoms with van der Waals surface area (Å²) in [6.07, 6.45) is 7.80. The van der Waals surface area contributed by atoms with Gasteiger partial charge in [0.1, 0.15) is 5.82 Å². The van der Waals surface area contributed by atoms with E-state index in [-0.39, 0.29) is 0 Å². The number of hydrogen-bond acceptors (Lipinski definition) is 6. The number of hydrogen-bond donors (Lipinski definition) is 2. The predicted molar refractivity (Wildman–Crippen MR) is 79.0 cm³/mol. The van der Waals surface area contributed by atoms with Crippen LogP contribution in [0.2, 0.25) is 0 Å². The molecule has 3 aromatic rings. The Balaban J connectivity index is 1.32. The van der Waals surface area contributed by atoms with E-state index < -0.39 is 5.82 Å². The van der Waals surface area contributed by atoms with Gasteiger partial charge in [0, 0.05) is 24.3 Å². The third-order valence-electron chi connectivity index (χ3n) is 3.70. The Morgan fingerprint density at radius 1 is 1.09 bits per heavy atom. The fourth-order valence-electron chi connectivity index (χ4n) is 2.53. The van der Waals surface area contributed by atoms with Crippen LogP contribution in [0.25, 0.3) is 5.65 Å². The number of anilines is 2. The lowest BCUT2D eigenvalue weighted by Gasteiger charge is -2.36. The first-order valence-corrected chi connectivity index (χ1v) is 7.07. The van der Waals surface area contributed by atoms with Crippen LogP contribution >= 0.6 is 0 Å². The highest BCUT2D eigenvalue weighted by atomic mass is 19.1. The molecule has 1 saturated carbocycles. The zero-order valence-electron chi connectivity index (χ0n) is 11.6. The summed E-state index contributed by atoms with van der Waals surface area (Å²) in [7, 11) is 0. The zero-order valence-corrected chi connectivity index (χ0v) is 11.6. The molecule has 112 valence electrons. The second kappa shape index (κ2) is 5.21. The van der Waals surface area contributed by atoms with Gasteiger partial charge in [-0.25, -0.2) is 23.9 Å². The molecule has 1 aliphatic rings. The third-order valence-corrected chi connectivity index (χ3v) is 3.70. The van der Waals surface area contributed by atoms with Crippen LogP contribution in [0.3, 0.4) is 0 Å². The van der Waals surface area contributed by atoms with E-state index in [0.717, 1.165) is 36.7 Å². The molecule has 1 aliphatic carbocycles. The maximum absolute atomic E-state index is 12.7. The molecule has 7 nitrogen and oxygen atoms in total. The lowest BCUT2D eigenvalue weighted by molar-refractivity contribution is 0.394. The van der Waals surface area contributed by atoms with Crippen LogP contribution in [-0.4, -0.2) is 36.6 Å². The van der Waals surface area contributed by atoms with Crippen LogP contribution in [-0.2, 0) is 0 Å². The van der Waals surface area contributed by atoms with Crippen LogP contribution < -0.4 is 10.6 Å². The van der Waals surface area contributed by atoms with Gasteiger partial charge in [-0.05, 0) is 18.9 Å². The average Bonchev–Trinajstić information content (AvgIpc) is 2.94. The molecule has 2 N–H and O–H groups in total. The molecule has 0 radical (unpaired) electrons. The van der Waals surface area contributed by atoms with Crippen LogP contribution in [0, 0.1) is 5.82 Å². The molecule has 0 unspecified atom stereocenters. The van der Waals surface area contributed by atoms with Crippen molar-refractivity contribution in [2.75, 3.05) is 10.6 Å². The highest BCUT2D eigenvalue weighted by Gasteiger charge is 2.29. The largest absolute Gasteiger partial charge is 0.367 e. The van der Waals surface area contributed by atoms with Gasteiger partial charge in [0.05, 0.1) is 18.6 Å². The van der Waals surface area contributed by atoms with Crippen molar-refractivity contribution in [1.82, 2.24) is 24.6 Å². The summed E-state index contributed by atoms with van der Waals surface area (Å²) in [6, 6.07) is 4.42. The van der Waals surface area contributed by atoms with Crippen molar-refractivity contribution in [3.05, 3.63) is 42.7 Å². The summed E-state index contributed by atoms with van der Waals surface area (Å²) >= 11 is 0. The van der Waals surface area contributed by atoms with Gasteiger partial charge in [0.15, 0.2) is 11.5 Å². The lowest BCUT2D eigenvalue weighted by atomic mass is 9.87. The number of fused-ring (bicyclic) bond motifs is 1.